The van der Waals surface area contributed by atoms with Crippen LogP contribution in [0.1, 0.15) is 42.9 Å². The molecule has 3 heterocycles. The molecule has 0 bridgehead atoms. The molecule has 26 heavy (non-hydrogen) atoms. The Labute approximate surface area is 151 Å². The number of nitrogens with one attached hydrogen (secondary N) is 2. The van der Waals surface area contributed by atoms with Crippen LogP contribution in [0, 0.1) is 12.3 Å². The van der Waals surface area contributed by atoms with Crippen LogP contribution in [-0.2, 0) is 9.53 Å². The summed E-state index contributed by atoms with van der Waals surface area (Å²) >= 11 is 0. The zero-order valence-electron chi connectivity index (χ0n) is 14.5. The van der Waals surface area contributed by atoms with Crippen molar-refractivity contribution in [3.05, 3.63) is 23.5 Å². The third-order valence-electron chi connectivity index (χ3n) is 4.76. The monoisotopic (exact) mass is 352 g/mol. The van der Waals surface area contributed by atoms with Crippen LogP contribution in [0.15, 0.2) is 12.3 Å². The average Bonchev–Trinajstić information content (AvgIpc) is 3.21. The molecule has 0 spiro atoms. The maximum Gasteiger partial charge on any atom is 0.328 e. The lowest BCUT2D eigenvalue weighted by Crippen LogP contribution is -2.38. The Balaban J connectivity index is 1.60. The van der Waals surface area contributed by atoms with E-state index in [1.165, 1.54) is 20.0 Å². The van der Waals surface area contributed by atoms with Gasteiger partial charge in [-0.2, -0.15) is 10.1 Å². The van der Waals surface area contributed by atoms with Gasteiger partial charge in [-0.15, -0.1) is 6.42 Å². The molecule has 1 atom stereocenters. The molecule has 2 N–H and O–H groups in total. The van der Waals surface area contributed by atoms with Crippen molar-refractivity contribution in [1.82, 2.24) is 20.2 Å². The maximum absolute atomic E-state index is 12.0. The second kappa shape index (κ2) is 6.67. The van der Waals surface area contributed by atoms with Crippen molar-refractivity contribution in [2.75, 3.05) is 23.9 Å². The van der Waals surface area contributed by atoms with E-state index >= 15 is 0 Å². The Kier molecular flexibility index (Phi) is 4.21. The van der Waals surface area contributed by atoms with Crippen molar-refractivity contribution < 1.29 is 9.53 Å². The van der Waals surface area contributed by atoms with Crippen molar-refractivity contribution in [1.29, 1.82) is 0 Å². The van der Waals surface area contributed by atoms with E-state index in [1.807, 2.05) is 11.0 Å². The molecule has 8 nitrogen and oxygen atoms in total. The highest BCUT2D eigenvalue weighted by Gasteiger charge is 2.33. The second-order valence-electron chi connectivity index (χ2n) is 6.56. The summed E-state index contributed by atoms with van der Waals surface area (Å²) in [6.07, 6.45) is 11.1. The summed E-state index contributed by atoms with van der Waals surface area (Å²) in [4.78, 5) is 22.8. The van der Waals surface area contributed by atoms with Gasteiger partial charge in [0.25, 0.3) is 0 Å². The summed E-state index contributed by atoms with van der Waals surface area (Å²) in [5, 5.41) is 10.5. The molecule has 134 valence electrons. The highest BCUT2D eigenvalue weighted by Crippen LogP contribution is 2.39. The molecule has 1 saturated heterocycles. The second-order valence-corrected chi connectivity index (χ2v) is 6.56. The third-order valence-corrected chi connectivity index (χ3v) is 4.76. The number of carbonyl (C=O) groups is 1. The standard InChI is InChI=1S/C18H20N6O2/c1-3-11-10-19-18(24-8-4-5-14(24)17(25)26-2)21-16(11)20-15-9-13(22-23-15)12-6-7-12/h1,9-10,12,14H,4-8H2,2H3,(H2,19,20,21,22,23). The van der Waals surface area contributed by atoms with Gasteiger partial charge in [0.05, 0.1) is 24.6 Å². The van der Waals surface area contributed by atoms with Gasteiger partial charge in [0.15, 0.2) is 5.82 Å². The van der Waals surface area contributed by atoms with E-state index in [0.717, 1.165) is 24.4 Å². The number of hydrogen-bond donors (Lipinski definition) is 2. The maximum atomic E-state index is 12.0. The van der Waals surface area contributed by atoms with Gasteiger partial charge in [0.2, 0.25) is 5.95 Å². The van der Waals surface area contributed by atoms with Gasteiger partial charge in [0.1, 0.15) is 11.9 Å². The molecule has 0 amide bonds. The Morgan fingerprint density at radius 2 is 2.31 bits per heavy atom. The molecule has 4 rings (SSSR count). The number of H-pyrrole nitrogens is 1. The van der Waals surface area contributed by atoms with Crippen LogP contribution in [0.3, 0.4) is 0 Å². The van der Waals surface area contributed by atoms with Crippen LogP contribution < -0.4 is 10.2 Å². The number of terminal acetylenes is 1. The Hall–Kier alpha value is -3.08. The average molecular weight is 352 g/mol. The first-order valence-electron chi connectivity index (χ1n) is 8.70. The van der Waals surface area contributed by atoms with E-state index in [4.69, 9.17) is 11.2 Å². The first-order valence-corrected chi connectivity index (χ1v) is 8.70. The topological polar surface area (TPSA) is 96.0 Å². The molecule has 1 saturated carbocycles. The summed E-state index contributed by atoms with van der Waals surface area (Å²) in [7, 11) is 1.39. The van der Waals surface area contributed by atoms with Gasteiger partial charge < -0.3 is 15.0 Å². The summed E-state index contributed by atoms with van der Waals surface area (Å²) in [5.74, 6) is 4.58. The van der Waals surface area contributed by atoms with E-state index in [9.17, 15) is 4.79 Å². The number of hydrogen-bond acceptors (Lipinski definition) is 7. The number of methoxy groups -OCH3 is 1. The van der Waals surface area contributed by atoms with Crippen LogP contribution in [0.2, 0.25) is 0 Å². The fraction of sp³-hybridized carbons (Fsp3) is 0.444. The van der Waals surface area contributed by atoms with Crippen molar-refractivity contribution >= 4 is 23.6 Å². The van der Waals surface area contributed by atoms with Crippen LogP contribution in [0.25, 0.3) is 0 Å². The predicted molar refractivity (Wildman–Crippen MR) is 96.2 cm³/mol. The lowest BCUT2D eigenvalue weighted by atomic mass is 10.2. The zero-order valence-corrected chi connectivity index (χ0v) is 14.5. The SMILES string of the molecule is C#Cc1cnc(N2CCCC2C(=O)OC)nc1Nc1cc(C2CC2)n[nH]1. The number of carbonyl (C=O) groups excluding carboxylic acids is 1. The molecule has 1 aliphatic heterocycles. The number of esters is 1. The molecule has 0 aromatic carbocycles. The van der Waals surface area contributed by atoms with E-state index < -0.39 is 0 Å². The summed E-state index contributed by atoms with van der Waals surface area (Å²) in [6.45, 7) is 0.699. The molecular weight excluding hydrogens is 332 g/mol. The summed E-state index contributed by atoms with van der Waals surface area (Å²) < 4.78 is 4.89. The van der Waals surface area contributed by atoms with Crippen LogP contribution in [0.4, 0.5) is 17.6 Å². The summed E-state index contributed by atoms with van der Waals surface area (Å²) in [6, 6.07) is 1.62. The molecular formula is C18H20N6O2. The van der Waals surface area contributed by atoms with Gasteiger partial charge in [0, 0.05) is 18.5 Å². The Bertz CT molecular complexity index is 867. The van der Waals surface area contributed by atoms with Gasteiger partial charge in [-0.05, 0) is 25.7 Å². The third kappa shape index (κ3) is 3.08. The van der Waals surface area contributed by atoms with E-state index in [-0.39, 0.29) is 12.0 Å². The number of aromatic nitrogens is 4. The minimum atomic E-state index is -0.363. The normalized spacial score (nSPS) is 19.2. The Morgan fingerprint density at radius 1 is 1.46 bits per heavy atom. The molecule has 2 fully saturated rings. The number of ether oxygens (including phenoxy) is 1. The molecule has 2 aromatic rings. The number of rotatable bonds is 5. The first-order chi connectivity index (χ1) is 12.7. The largest absolute Gasteiger partial charge is 0.467 e. The zero-order chi connectivity index (χ0) is 18.1. The van der Waals surface area contributed by atoms with Gasteiger partial charge in [-0.3, -0.25) is 5.10 Å². The van der Waals surface area contributed by atoms with Crippen molar-refractivity contribution in [2.45, 2.75) is 37.6 Å². The number of anilines is 3. The van der Waals surface area contributed by atoms with Crippen molar-refractivity contribution in [3.8, 4) is 12.3 Å². The van der Waals surface area contributed by atoms with Crippen LogP contribution in [-0.4, -0.2) is 45.8 Å². The number of nitrogens with zero attached hydrogens (tertiary/aromatic N) is 4. The van der Waals surface area contributed by atoms with Crippen molar-refractivity contribution in [2.24, 2.45) is 0 Å². The number of aromatic amines is 1. The smallest absolute Gasteiger partial charge is 0.328 e. The van der Waals surface area contributed by atoms with Crippen LogP contribution >= 0.6 is 0 Å². The van der Waals surface area contributed by atoms with Crippen molar-refractivity contribution in [3.63, 3.8) is 0 Å². The van der Waals surface area contributed by atoms with E-state index in [2.05, 4.69) is 31.4 Å². The molecule has 1 aliphatic carbocycles. The molecule has 8 heteroatoms. The predicted octanol–water partition coefficient (Wildman–Crippen LogP) is 1.94. The van der Waals surface area contributed by atoms with Gasteiger partial charge in [-0.25, -0.2) is 9.78 Å². The van der Waals surface area contributed by atoms with E-state index in [0.29, 0.717) is 29.8 Å². The molecule has 2 aliphatic rings. The molecule has 1 unspecified atom stereocenters. The molecule has 2 aromatic heterocycles. The minimum Gasteiger partial charge on any atom is -0.467 e. The fourth-order valence-corrected chi connectivity index (χ4v) is 3.22. The van der Waals surface area contributed by atoms with Gasteiger partial charge >= 0.3 is 5.97 Å². The highest BCUT2D eigenvalue weighted by atomic mass is 16.5. The first kappa shape index (κ1) is 16.4. The fourth-order valence-electron chi connectivity index (χ4n) is 3.22. The minimum absolute atomic E-state index is 0.274. The quantitative estimate of drug-likeness (QED) is 0.627. The van der Waals surface area contributed by atoms with Crippen LogP contribution in [0.5, 0.6) is 0 Å². The molecule has 0 radical (unpaired) electrons. The highest BCUT2D eigenvalue weighted by molar-refractivity contribution is 5.80. The Morgan fingerprint density at radius 3 is 3.04 bits per heavy atom. The lowest BCUT2D eigenvalue weighted by molar-refractivity contribution is -0.141. The van der Waals surface area contributed by atoms with Gasteiger partial charge in [-0.1, -0.05) is 5.92 Å². The lowest BCUT2D eigenvalue weighted by Gasteiger charge is -2.23. The summed E-state index contributed by atoms with van der Waals surface area (Å²) in [5.41, 5.74) is 1.60. The van der Waals surface area contributed by atoms with E-state index in [1.54, 1.807) is 6.20 Å².